The standard InChI is InChI=1S/C15H22ClF3N4/c1-3-20-14(21-7-8-23(2)11-15(17,18)19)22-10-12-5-4-6-13(16)9-12/h4-6,9H,3,7-8,10-11H2,1-2H3,(H2,20,21,22). The van der Waals surface area contributed by atoms with Crippen LogP contribution >= 0.6 is 11.6 Å². The molecule has 0 heterocycles. The van der Waals surface area contributed by atoms with E-state index in [-0.39, 0.29) is 6.54 Å². The van der Waals surface area contributed by atoms with Crippen LogP contribution in [0.15, 0.2) is 29.3 Å². The number of nitrogens with zero attached hydrogens (tertiary/aromatic N) is 2. The second-order valence-corrected chi connectivity index (χ2v) is 5.54. The van der Waals surface area contributed by atoms with Crippen molar-refractivity contribution in [2.75, 3.05) is 33.2 Å². The van der Waals surface area contributed by atoms with E-state index >= 15 is 0 Å². The smallest absolute Gasteiger partial charge is 0.357 e. The first-order chi connectivity index (χ1) is 10.8. The first-order valence-corrected chi connectivity index (χ1v) is 7.70. The Hall–Kier alpha value is -1.47. The molecule has 1 aromatic rings. The average molecular weight is 351 g/mol. The van der Waals surface area contributed by atoms with Crippen LogP contribution in [0.5, 0.6) is 0 Å². The molecule has 8 heteroatoms. The zero-order chi connectivity index (χ0) is 17.3. The zero-order valence-electron chi connectivity index (χ0n) is 13.3. The Morgan fingerprint density at radius 1 is 1.30 bits per heavy atom. The van der Waals surface area contributed by atoms with Crippen molar-refractivity contribution < 1.29 is 13.2 Å². The van der Waals surface area contributed by atoms with Crippen LogP contribution in [0.25, 0.3) is 0 Å². The molecule has 0 aliphatic rings. The highest BCUT2D eigenvalue weighted by Gasteiger charge is 2.28. The maximum Gasteiger partial charge on any atom is 0.401 e. The zero-order valence-corrected chi connectivity index (χ0v) is 14.0. The van der Waals surface area contributed by atoms with Crippen molar-refractivity contribution in [3.63, 3.8) is 0 Å². The Labute approximate surface area is 139 Å². The number of halogens is 4. The summed E-state index contributed by atoms with van der Waals surface area (Å²) in [4.78, 5) is 5.61. The number of guanidine groups is 1. The summed E-state index contributed by atoms with van der Waals surface area (Å²) in [7, 11) is 1.44. The van der Waals surface area contributed by atoms with Crippen LogP contribution in [-0.2, 0) is 6.54 Å². The summed E-state index contributed by atoms with van der Waals surface area (Å²) in [5.41, 5.74) is 0.962. The van der Waals surface area contributed by atoms with Gasteiger partial charge in [-0.1, -0.05) is 23.7 Å². The van der Waals surface area contributed by atoms with Gasteiger partial charge in [0.15, 0.2) is 5.96 Å². The third-order valence-electron chi connectivity index (χ3n) is 2.89. The number of hydrogen-bond acceptors (Lipinski definition) is 2. The van der Waals surface area contributed by atoms with Gasteiger partial charge < -0.3 is 10.6 Å². The van der Waals surface area contributed by atoms with Crippen LogP contribution in [0.1, 0.15) is 12.5 Å². The summed E-state index contributed by atoms with van der Waals surface area (Å²) in [6, 6.07) is 7.37. The molecular formula is C15H22ClF3N4. The summed E-state index contributed by atoms with van der Waals surface area (Å²) in [5, 5.41) is 6.72. The van der Waals surface area contributed by atoms with Crippen molar-refractivity contribution in [3.05, 3.63) is 34.9 Å². The van der Waals surface area contributed by atoms with Gasteiger partial charge in [0.1, 0.15) is 0 Å². The Morgan fingerprint density at radius 2 is 2.04 bits per heavy atom. The van der Waals surface area contributed by atoms with Crippen molar-refractivity contribution >= 4 is 17.6 Å². The number of hydrogen-bond donors (Lipinski definition) is 2. The van der Waals surface area contributed by atoms with Crippen LogP contribution in [0.2, 0.25) is 5.02 Å². The fourth-order valence-electron chi connectivity index (χ4n) is 1.90. The van der Waals surface area contributed by atoms with Crippen LogP contribution in [0, 0.1) is 0 Å². The van der Waals surface area contributed by atoms with Crippen molar-refractivity contribution in [1.29, 1.82) is 0 Å². The molecule has 0 saturated heterocycles. The number of aliphatic imine (C=N–C) groups is 1. The first kappa shape index (κ1) is 19.6. The lowest BCUT2D eigenvalue weighted by atomic mass is 10.2. The number of likely N-dealkylation sites (N-methyl/N-ethyl adjacent to an activating group) is 1. The normalized spacial score (nSPS) is 12.6. The molecule has 0 unspecified atom stereocenters. The highest BCUT2D eigenvalue weighted by Crippen LogP contribution is 2.15. The third kappa shape index (κ3) is 9.30. The fourth-order valence-corrected chi connectivity index (χ4v) is 2.11. The summed E-state index contributed by atoms with van der Waals surface area (Å²) in [6.45, 7) is 2.74. The Bertz CT molecular complexity index is 506. The molecule has 0 aliphatic heterocycles. The minimum absolute atomic E-state index is 0.265. The van der Waals surface area contributed by atoms with Gasteiger partial charge in [-0.15, -0.1) is 0 Å². The van der Waals surface area contributed by atoms with Crippen molar-refractivity contribution in [2.45, 2.75) is 19.6 Å². The molecule has 0 spiro atoms. The van der Waals surface area contributed by atoms with Gasteiger partial charge in [-0.25, -0.2) is 4.99 Å². The molecule has 2 N–H and O–H groups in total. The minimum atomic E-state index is -4.18. The SMILES string of the molecule is CCNC(=NCc1cccc(Cl)c1)NCCN(C)CC(F)(F)F. The quantitative estimate of drug-likeness (QED) is 0.587. The summed E-state index contributed by atoms with van der Waals surface area (Å²) >= 11 is 5.92. The van der Waals surface area contributed by atoms with Crippen LogP contribution in [0.4, 0.5) is 13.2 Å². The Balaban J connectivity index is 2.46. The monoisotopic (exact) mass is 350 g/mol. The van der Waals surface area contributed by atoms with Gasteiger partial charge in [0.05, 0.1) is 13.1 Å². The number of alkyl halides is 3. The molecule has 0 atom stereocenters. The van der Waals surface area contributed by atoms with Crippen LogP contribution < -0.4 is 10.6 Å². The molecule has 0 fully saturated rings. The van der Waals surface area contributed by atoms with Gasteiger partial charge in [-0.3, -0.25) is 4.90 Å². The van der Waals surface area contributed by atoms with E-state index in [1.54, 1.807) is 6.07 Å². The number of benzene rings is 1. The van der Waals surface area contributed by atoms with Crippen LogP contribution in [0.3, 0.4) is 0 Å². The van der Waals surface area contributed by atoms with Gasteiger partial charge in [0, 0.05) is 24.7 Å². The minimum Gasteiger partial charge on any atom is -0.357 e. The molecule has 1 rings (SSSR count). The molecule has 4 nitrogen and oxygen atoms in total. The second kappa shape index (κ2) is 9.62. The predicted molar refractivity (Wildman–Crippen MR) is 87.8 cm³/mol. The van der Waals surface area contributed by atoms with Gasteiger partial charge in [-0.2, -0.15) is 13.2 Å². The molecular weight excluding hydrogens is 329 g/mol. The first-order valence-electron chi connectivity index (χ1n) is 7.32. The lowest BCUT2D eigenvalue weighted by molar-refractivity contribution is -0.142. The lowest BCUT2D eigenvalue weighted by Crippen LogP contribution is -2.42. The fraction of sp³-hybridized carbons (Fsp3) is 0.533. The lowest BCUT2D eigenvalue weighted by Gasteiger charge is -2.19. The predicted octanol–water partition coefficient (Wildman–Crippen LogP) is 2.89. The summed E-state index contributed by atoms with van der Waals surface area (Å²) < 4.78 is 36.7. The van der Waals surface area contributed by atoms with E-state index in [0.29, 0.717) is 30.6 Å². The molecule has 0 amide bonds. The molecule has 1 aromatic carbocycles. The van der Waals surface area contributed by atoms with Crippen LogP contribution in [-0.4, -0.2) is 50.3 Å². The van der Waals surface area contributed by atoms with E-state index < -0.39 is 12.7 Å². The molecule has 0 bridgehead atoms. The number of rotatable bonds is 7. The maximum absolute atomic E-state index is 12.2. The molecule has 130 valence electrons. The molecule has 0 aliphatic carbocycles. The molecule has 23 heavy (non-hydrogen) atoms. The van der Waals surface area contributed by atoms with E-state index in [0.717, 1.165) is 5.56 Å². The van der Waals surface area contributed by atoms with Gasteiger partial charge >= 0.3 is 6.18 Å². The molecule has 0 saturated carbocycles. The second-order valence-electron chi connectivity index (χ2n) is 5.10. The average Bonchev–Trinajstić information content (AvgIpc) is 2.43. The number of nitrogens with one attached hydrogen (secondary N) is 2. The van der Waals surface area contributed by atoms with Crippen molar-refractivity contribution in [1.82, 2.24) is 15.5 Å². The van der Waals surface area contributed by atoms with E-state index in [1.165, 1.54) is 11.9 Å². The Kier molecular flexibility index (Phi) is 8.19. The Morgan fingerprint density at radius 3 is 2.65 bits per heavy atom. The highest BCUT2D eigenvalue weighted by atomic mass is 35.5. The summed E-state index contributed by atoms with van der Waals surface area (Å²) in [6.07, 6.45) is -4.18. The van der Waals surface area contributed by atoms with Gasteiger partial charge in [-0.05, 0) is 31.7 Å². The van der Waals surface area contributed by atoms with Gasteiger partial charge in [0.25, 0.3) is 0 Å². The largest absolute Gasteiger partial charge is 0.401 e. The molecule has 0 radical (unpaired) electrons. The topological polar surface area (TPSA) is 39.7 Å². The van der Waals surface area contributed by atoms with E-state index in [4.69, 9.17) is 11.6 Å². The van der Waals surface area contributed by atoms with E-state index in [2.05, 4.69) is 15.6 Å². The van der Waals surface area contributed by atoms with E-state index in [9.17, 15) is 13.2 Å². The highest BCUT2D eigenvalue weighted by molar-refractivity contribution is 6.30. The third-order valence-corrected chi connectivity index (χ3v) is 3.12. The van der Waals surface area contributed by atoms with Crippen molar-refractivity contribution in [2.24, 2.45) is 4.99 Å². The van der Waals surface area contributed by atoms with E-state index in [1.807, 2.05) is 25.1 Å². The van der Waals surface area contributed by atoms with Gasteiger partial charge in [0.2, 0.25) is 0 Å². The maximum atomic E-state index is 12.2. The summed E-state index contributed by atoms with van der Waals surface area (Å²) in [5.74, 6) is 0.563. The molecule has 0 aromatic heterocycles. The van der Waals surface area contributed by atoms with Crippen molar-refractivity contribution in [3.8, 4) is 0 Å².